The van der Waals surface area contributed by atoms with Crippen molar-refractivity contribution in [2.75, 3.05) is 26.7 Å². The number of amides is 1. The van der Waals surface area contributed by atoms with Gasteiger partial charge >= 0.3 is 6.18 Å². The van der Waals surface area contributed by atoms with Crippen LogP contribution in [0.2, 0.25) is 0 Å². The molecule has 6 heteroatoms. The van der Waals surface area contributed by atoms with Gasteiger partial charge in [-0.2, -0.15) is 13.2 Å². The number of nitrogens with zero attached hydrogens (tertiary/aromatic N) is 2. The van der Waals surface area contributed by atoms with Gasteiger partial charge in [0, 0.05) is 19.6 Å². The summed E-state index contributed by atoms with van der Waals surface area (Å²) in [6.45, 7) is 3.90. The number of carbonyl (C=O) groups excluding carboxylic acids is 1. The van der Waals surface area contributed by atoms with Gasteiger partial charge < -0.3 is 4.90 Å². The van der Waals surface area contributed by atoms with Crippen LogP contribution in [-0.4, -0.2) is 42.4 Å². The lowest BCUT2D eigenvalue weighted by Crippen LogP contribution is -2.43. The molecule has 1 aliphatic heterocycles. The number of likely N-dealkylation sites (N-methyl/N-ethyl adjacent to an activating group) is 1. The second kappa shape index (κ2) is 7.34. The van der Waals surface area contributed by atoms with Crippen molar-refractivity contribution in [1.29, 1.82) is 0 Å². The second-order valence-electron chi connectivity index (χ2n) is 6.39. The Bertz CT molecular complexity index is 537. The van der Waals surface area contributed by atoms with Crippen LogP contribution in [-0.2, 0) is 17.5 Å². The average Bonchev–Trinajstić information content (AvgIpc) is 2.47. The summed E-state index contributed by atoms with van der Waals surface area (Å²) in [5.74, 6) is 0.624. The highest BCUT2D eigenvalue weighted by molar-refractivity contribution is 5.78. The van der Waals surface area contributed by atoms with Crippen molar-refractivity contribution in [3.05, 3.63) is 35.4 Å². The highest BCUT2D eigenvalue weighted by atomic mass is 19.4. The molecular formula is C17H23F3N2O. The number of hydrogen-bond acceptors (Lipinski definition) is 2. The van der Waals surface area contributed by atoms with E-state index in [0.29, 0.717) is 5.92 Å². The van der Waals surface area contributed by atoms with Gasteiger partial charge in [0.2, 0.25) is 5.91 Å². The van der Waals surface area contributed by atoms with Crippen LogP contribution in [0.25, 0.3) is 0 Å². The van der Waals surface area contributed by atoms with Gasteiger partial charge in [-0.05, 0) is 37.4 Å². The number of halogens is 3. The van der Waals surface area contributed by atoms with E-state index in [0.717, 1.165) is 32.0 Å². The molecule has 0 aromatic heterocycles. The van der Waals surface area contributed by atoms with E-state index in [2.05, 4.69) is 6.92 Å². The van der Waals surface area contributed by atoms with Crippen LogP contribution in [0.15, 0.2) is 24.3 Å². The number of carbonyl (C=O) groups is 1. The summed E-state index contributed by atoms with van der Waals surface area (Å²) in [7, 11) is 1.68. The molecule has 0 saturated carbocycles. The molecule has 128 valence electrons. The molecule has 23 heavy (non-hydrogen) atoms. The summed E-state index contributed by atoms with van der Waals surface area (Å²) in [6.07, 6.45) is -2.39. The molecule has 0 bridgehead atoms. The minimum atomic E-state index is -4.37. The lowest BCUT2D eigenvalue weighted by atomic mass is 9.99. The number of likely N-dealkylation sites (tertiary alicyclic amines) is 1. The van der Waals surface area contributed by atoms with E-state index in [-0.39, 0.29) is 24.6 Å². The molecule has 0 unspecified atom stereocenters. The Morgan fingerprint density at radius 1 is 1.26 bits per heavy atom. The lowest BCUT2D eigenvalue weighted by Gasteiger charge is -2.31. The van der Waals surface area contributed by atoms with E-state index >= 15 is 0 Å². The SMILES string of the molecule is CC1CCN(C(=O)CN(C)Cc2ccccc2C(F)(F)F)CC1. The minimum Gasteiger partial charge on any atom is -0.342 e. The number of piperidine rings is 1. The standard InChI is InChI=1S/C17H23F3N2O/c1-13-7-9-22(10-8-13)16(23)12-21(2)11-14-5-3-4-6-15(14)17(18,19)20/h3-6,13H,7-12H2,1-2H3. The van der Waals surface area contributed by atoms with E-state index in [9.17, 15) is 18.0 Å². The predicted octanol–water partition coefficient (Wildman–Crippen LogP) is 3.40. The molecule has 1 fully saturated rings. The van der Waals surface area contributed by atoms with E-state index in [4.69, 9.17) is 0 Å². The van der Waals surface area contributed by atoms with Gasteiger partial charge in [0.05, 0.1) is 12.1 Å². The molecule has 2 rings (SSSR count). The Hall–Kier alpha value is -1.56. The number of benzene rings is 1. The summed E-state index contributed by atoms with van der Waals surface area (Å²) >= 11 is 0. The molecule has 0 N–H and O–H groups in total. The van der Waals surface area contributed by atoms with Crippen molar-refractivity contribution in [2.24, 2.45) is 5.92 Å². The van der Waals surface area contributed by atoms with Crippen LogP contribution in [0.4, 0.5) is 13.2 Å². The summed E-state index contributed by atoms with van der Waals surface area (Å²) in [5.41, 5.74) is -0.436. The van der Waals surface area contributed by atoms with E-state index in [1.54, 1.807) is 18.0 Å². The van der Waals surface area contributed by atoms with Crippen molar-refractivity contribution in [3.63, 3.8) is 0 Å². The highest BCUT2D eigenvalue weighted by Crippen LogP contribution is 2.32. The van der Waals surface area contributed by atoms with E-state index < -0.39 is 11.7 Å². The topological polar surface area (TPSA) is 23.6 Å². The third kappa shape index (κ3) is 4.96. The first-order valence-corrected chi connectivity index (χ1v) is 7.89. The summed E-state index contributed by atoms with van der Waals surface area (Å²) in [6, 6.07) is 5.52. The average molecular weight is 328 g/mol. The maximum absolute atomic E-state index is 13.0. The molecule has 0 spiro atoms. The smallest absolute Gasteiger partial charge is 0.342 e. The first kappa shape index (κ1) is 17.8. The van der Waals surface area contributed by atoms with Gasteiger partial charge in [0.1, 0.15) is 0 Å². The number of hydrogen-bond donors (Lipinski definition) is 0. The number of rotatable bonds is 4. The predicted molar refractivity (Wildman–Crippen MR) is 82.8 cm³/mol. The van der Waals surface area contributed by atoms with E-state index in [1.165, 1.54) is 12.1 Å². The molecule has 0 aliphatic carbocycles. The van der Waals surface area contributed by atoms with Gasteiger partial charge in [-0.3, -0.25) is 9.69 Å². The number of alkyl halides is 3. The Morgan fingerprint density at radius 2 is 1.87 bits per heavy atom. The first-order chi connectivity index (χ1) is 10.8. The zero-order valence-electron chi connectivity index (χ0n) is 13.6. The normalized spacial score (nSPS) is 16.9. The molecule has 0 atom stereocenters. The molecule has 1 amide bonds. The van der Waals surface area contributed by atoms with Crippen molar-refractivity contribution >= 4 is 5.91 Å². The largest absolute Gasteiger partial charge is 0.416 e. The minimum absolute atomic E-state index is 0.0103. The van der Waals surface area contributed by atoms with Crippen LogP contribution in [0, 0.1) is 5.92 Å². The van der Waals surface area contributed by atoms with Crippen LogP contribution < -0.4 is 0 Å². The Kier molecular flexibility index (Phi) is 5.68. The molecular weight excluding hydrogens is 305 g/mol. The third-order valence-corrected chi connectivity index (χ3v) is 4.30. The van der Waals surface area contributed by atoms with Gasteiger partial charge in [-0.25, -0.2) is 0 Å². The molecule has 1 heterocycles. The molecule has 1 aromatic rings. The fraction of sp³-hybridized carbons (Fsp3) is 0.588. The Labute approximate surface area is 135 Å². The molecule has 1 aliphatic rings. The molecule has 0 radical (unpaired) electrons. The fourth-order valence-corrected chi connectivity index (χ4v) is 2.87. The van der Waals surface area contributed by atoms with Gasteiger partial charge in [-0.15, -0.1) is 0 Å². The monoisotopic (exact) mass is 328 g/mol. The maximum atomic E-state index is 13.0. The van der Waals surface area contributed by atoms with Crippen molar-refractivity contribution in [2.45, 2.75) is 32.5 Å². The summed E-state index contributed by atoms with van der Waals surface area (Å²) in [5, 5.41) is 0. The molecule has 1 aromatic carbocycles. The zero-order valence-corrected chi connectivity index (χ0v) is 13.6. The quantitative estimate of drug-likeness (QED) is 0.846. The maximum Gasteiger partial charge on any atom is 0.416 e. The Balaban J connectivity index is 1.95. The van der Waals surface area contributed by atoms with Gasteiger partial charge in [0.15, 0.2) is 0 Å². The second-order valence-corrected chi connectivity index (χ2v) is 6.39. The summed E-state index contributed by atoms with van der Waals surface area (Å²) in [4.78, 5) is 15.7. The molecule has 3 nitrogen and oxygen atoms in total. The molecule has 1 saturated heterocycles. The van der Waals surface area contributed by atoms with Crippen LogP contribution in [0.5, 0.6) is 0 Å². The van der Waals surface area contributed by atoms with Crippen LogP contribution in [0.3, 0.4) is 0 Å². The zero-order chi connectivity index (χ0) is 17.0. The van der Waals surface area contributed by atoms with E-state index in [1.807, 2.05) is 4.90 Å². The fourth-order valence-electron chi connectivity index (χ4n) is 2.87. The lowest BCUT2D eigenvalue weighted by molar-refractivity contribution is -0.138. The van der Waals surface area contributed by atoms with Crippen molar-refractivity contribution in [3.8, 4) is 0 Å². The van der Waals surface area contributed by atoms with Crippen LogP contribution in [0.1, 0.15) is 30.9 Å². The van der Waals surface area contributed by atoms with Crippen molar-refractivity contribution < 1.29 is 18.0 Å². The third-order valence-electron chi connectivity index (χ3n) is 4.30. The first-order valence-electron chi connectivity index (χ1n) is 7.89. The summed E-state index contributed by atoms with van der Waals surface area (Å²) < 4.78 is 39.0. The van der Waals surface area contributed by atoms with Gasteiger partial charge in [-0.1, -0.05) is 25.1 Å². The highest BCUT2D eigenvalue weighted by Gasteiger charge is 2.33. The van der Waals surface area contributed by atoms with Gasteiger partial charge in [0.25, 0.3) is 0 Å². The Morgan fingerprint density at radius 3 is 2.48 bits per heavy atom. The van der Waals surface area contributed by atoms with Crippen LogP contribution >= 0.6 is 0 Å². The van der Waals surface area contributed by atoms with Crippen molar-refractivity contribution in [1.82, 2.24) is 9.80 Å².